The molecule has 3 heterocycles. The zero-order valence-electron chi connectivity index (χ0n) is 17.4. The molecule has 1 amide bonds. The molecule has 1 aromatic carbocycles. The number of nitrogens with zero attached hydrogens (tertiary/aromatic N) is 5. The molecule has 0 bridgehead atoms. The summed E-state index contributed by atoms with van der Waals surface area (Å²) in [6, 6.07) is 7.09. The summed E-state index contributed by atoms with van der Waals surface area (Å²) in [7, 11) is 0. The molecule has 4 rings (SSSR count). The van der Waals surface area contributed by atoms with Gasteiger partial charge in [0.1, 0.15) is 5.39 Å². The average Bonchev–Trinajstić information content (AvgIpc) is 2.99. The van der Waals surface area contributed by atoms with Crippen molar-refractivity contribution in [1.29, 1.82) is 0 Å². The molecule has 0 spiro atoms. The third-order valence-electron chi connectivity index (χ3n) is 5.25. The van der Waals surface area contributed by atoms with E-state index in [1.807, 2.05) is 37.8 Å². The molecule has 0 aliphatic carbocycles. The van der Waals surface area contributed by atoms with Gasteiger partial charge in [-0.15, -0.1) is 0 Å². The Labute approximate surface area is 179 Å². The number of halogens is 1. The molecule has 8 nitrogen and oxygen atoms in total. The zero-order chi connectivity index (χ0) is 21.5. The summed E-state index contributed by atoms with van der Waals surface area (Å²) < 4.78 is 1.77. The highest BCUT2D eigenvalue weighted by atomic mass is 35.5. The molecule has 2 aromatic heterocycles. The number of nitrogens with one attached hydrogen (secondary N) is 1. The Kier molecular flexibility index (Phi) is 5.27. The lowest BCUT2D eigenvalue weighted by atomic mass is 10.1. The highest BCUT2D eigenvalue weighted by Crippen LogP contribution is 2.21. The van der Waals surface area contributed by atoms with Crippen molar-refractivity contribution in [3.05, 3.63) is 51.4 Å². The van der Waals surface area contributed by atoms with Gasteiger partial charge in [0, 0.05) is 26.2 Å². The van der Waals surface area contributed by atoms with Gasteiger partial charge in [0.05, 0.1) is 22.3 Å². The summed E-state index contributed by atoms with van der Waals surface area (Å²) in [4.78, 5) is 36.9. The van der Waals surface area contributed by atoms with Crippen molar-refractivity contribution in [3.63, 3.8) is 0 Å². The lowest BCUT2D eigenvalue weighted by Gasteiger charge is -2.23. The van der Waals surface area contributed by atoms with Gasteiger partial charge in [-0.3, -0.25) is 14.6 Å². The van der Waals surface area contributed by atoms with E-state index in [1.54, 1.807) is 27.9 Å². The fraction of sp³-hybridized carbons (Fsp3) is 0.429. The van der Waals surface area contributed by atoms with Gasteiger partial charge in [0.15, 0.2) is 5.65 Å². The highest BCUT2D eigenvalue weighted by Gasteiger charge is 2.25. The van der Waals surface area contributed by atoms with E-state index in [0.29, 0.717) is 53.7 Å². The van der Waals surface area contributed by atoms with Crippen LogP contribution >= 0.6 is 11.6 Å². The number of aromatic amines is 1. The van der Waals surface area contributed by atoms with Crippen LogP contribution in [0.15, 0.2) is 35.3 Å². The number of H-pyrrole nitrogens is 1. The second kappa shape index (κ2) is 7.75. The van der Waals surface area contributed by atoms with Crippen LogP contribution in [0.2, 0.25) is 5.02 Å². The molecule has 3 aromatic rings. The third kappa shape index (κ3) is 3.79. The maximum absolute atomic E-state index is 12.9. The minimum absolute atomic E-state index is 0.0786. The van der Waals surface area contributed by atoms with Crippen LogP contribution in [0.5, 0.6) is 0 Å². The number of aromatic nitrogens is 4. The molecular formula is C21H25ClN6O2. The van der Waals surface area contributed by atoms with Crippen LogP contribution in [-0.2, 0) is 5.54 Å². The van der Waals surface area contributed by atoms with Gasteiger partial charge in [-0.2, -0.15) is 10.1 Å². The number of rotatable bonds is 2. The first kappa shape index (κ1) is 20.4. The summed E-state index contributed by atoms with van der Waals surface area (Å²) in [6.45, 7) is 8.44. The summed E-state index contributed by atoms with van der Waals surface area (Å²) in [6.07, 6.45) is 2.32. The summed E-state index contributed by atoms with van der Waals surface area (Å²) in [5.74, 6) is 0.427. The van der Waals surface area contributed by atoms with Gasteiger partial charge >= 0.3 is 0 Å². The van der Waals surface area contributed by atoms with Gasteiger partial charge in [0.2, 0.25) is 5.95 Å². The molecule has 1 aliphatic rings. The second-order valence-corrected chi connectivity index (χ2v) is 8.87. The monoisotopic (exact) mass is 428 g/mol. The minimum atomic E-state index is -0.295. The van der Waals surface area contributed by atoms with Crippen molar-refractivity contribution in [2.75, 3.05) is 31.1 Å². The Morgan fingerprint density at radius 2 is 1.90 bits per heavy atom. The molecule has 1 saturated heterocycles. The molecule has 0 saturated carbocycles. The van der Waals surface area contributed by atoms with E-state index in [4.69, 9.17) is 16.6 Å². The molecule has 9 heteroatoms. The topological polar surface area (TPSA) is 87.1 Å². The Morgan fingerprint density at radius 3 is 2.63 bits per heavy atom. The van der Waals surface area contributed by atoms with Gasteiger partial charge in [0.25, 0.3) is 11.5 Å². The van der Waals surface area contributed by atoms with E-state index in [9.17, 15) is 9.59 Å². The lowest BCUT2D eigenvalue weighted by Crippen LogP contribution is -2.36. The van der Waals surface area contributed by atoms with Crippen LogP contribution in [0.1, 0.15) is 37.6 Å². The molecule has 30 heavy (non-hydrogen) atoms. The zero-order valence-corrected chi connectivity index (χ0v) is 18.1. The summed E-state index contributed by atoms with van der Waals surface area (Å²) in [5, 5.41) is 5.28. The van der Waals surface area contributed by atoms with Gasteiger partial charge in [-0.1, -0.05) is 23.7 Å². The number of amides is 1. The maximum atomic E-state index is 12.9. The van der Waals surface area contributed by atoms with Crippen LogP contribution in [0.25, 0.3) is 11.0 Å². The quantitative estimate of drug-likeness (QED) is 0.678. The fourth-order valence-corrected chi connectivity index (χ4v) is 3.90. The number of fused-ring (bicyclic) bond motifs is 1. The van der Waals surface area contributed by atoms with Crippen LogP contribution < -0.4 is 10.5 Å². The Bertz CT molecular complexity index is 1150. The first-order valence-corrected chi connectivity index (χ1v) is 10.4. The number of hydrogen-bond donors (Lipinski definition) is 1. The van der Waals surface area contributed by atoms with Crippen molar-refractivity contribution in [2.45, 2.75) is 32.7 Å². The van der Waals surface area contributed by atoms with E-state index in [1.165, 1.54) is 0 Å². The van der Waals surface area contributed by atoms with E-state index < -0.39 is 0 Å². The maximum Gasteiger partial charge on any atom is 0.263 e. The standard InChI is InChI=1S/C21H25ClN6O2/c1-21(2,3)28-17-15(13-23-28)18(29)25-20(24-17)27-10-6-9-26(11-12-27)19(30)14-7-4-5-8-16(14)22/h4-5,7-8,13H,6,9-12H2,1-3H3,(H,24,25,29). The predicted molar refractivity (Wildman–Crippen MR) is 117 cm³/mol. The van der Waals surface area contributed by atoms with Crippen molar-refractivity contribution in [3.8, 4) is 0 Å². The third-order valence-corrected chi connectivity index (χ3v) is 5.58. The normalized spacial score (nSPS) is 15.5. The van der Waals surface area contributed by atoms with Crippen LogP contribution in [0.4, 0.5) is 5.95 Å². The largest absolute Gasteiger partial charge is 0.340 e. The Hall–Kier alpha value is -2.87. The van der Waals surface area contributed by atoms with Crippen molar-refractivity contribution in [1.82, 2.24) is 24.6 Å². The second-order valence-electron chi connectivity index (χ2n) is 8.47. The number of carbonyl (C=O) groups is 1. The predicted octanol–water partition coefficient (Wildman–Crippen LogP) is 2.88. The van der Waals surface area contributed by atoms with Gasteiger partial charge < -0.3 is 9.80 Å². The first-order chi connectivity index (χ1) is 14.3. The minimum Gasteiger partial charge on any atom is -0.340 e. The number of carbonyl (C=O) groups excluding carboxylic acids is 1. The molecule has 0 unspecified atom stereocenters. The number of anilines is 1. The molecule has 158 valence electrons. The molecule has 1 N–H and O–H groups in total. The first-order valence-electron chi connectivity index (χ1n) is 10.0. The number of benzene rings is 1. The van der Waals surface area contributed by atoms with Gasteiger partial charge in [-0.25, -0.2) is 4.68 Å². The average molecular weight is 429 g/mol. The van der Waals surface area contributed by atoms with Crippen LogP contribution in [0, 0.1) is 0 Å². The van der Waals surface area contributed by atoms with Crippen molar-refractivity contribution < 1.29 is 4.79 Å². The van der Waals surface area contributed by atoms with Gasteiger partial charge in [-0.05, 0) is 39.3 Å². The SMILES string of the molecule is CC(C)(C)n1ncc2c(=O)[nH]c(N3CCCN(C(=O)c4ccccc4Cl)CC3)nc21. The lowest BCUT2D eigenvalue weighted by molar-refractivity contribution is 0.0767. The van der Waals surface area contributed by atoms with E-state index >= 15 is 0 Å². The molecule has 1 fully saturated rings. The van der Waals surface area contributed by atoms with E-state index in [-0.39, 0.29) is 17.0 Å². The fourth-order valence-electron chi connectivity index (χ4n) is 3.68. The Morgan fingerprint density at radius 1 is 1.13 bits per heavy atom. The van der Waals surface area contributed by atoms with Crippen LogP contribution in [-0.4, -0.2) is 56.7 Å². The smallest absolute Gasteiger partial charge is 0.263 e. The summed E-state index contributed by atoms with van der Waals surface area (Å²) in [5.41, 5.74) is 0.569. The molecule has 0 radical (unpaired) electrons. The van der Waals surface area contributed by atoms with E-state index in [0.717, 1.165) is 6.42 Å². The molecular weight excluding hydrogens is 404 g/mol. The van der Waals surface area contributed by atoms with Crippen molar-refractivity contribution in [2.24, 2.45) is 0 Å². The number of hydrogen-bond acceptors (Lipinski definition) is 5. The Balaban J connectivity index is 1.59. The summed E-state index contributed by atoms with van der Waals surface area (Å²) >= 11 is 6.20. The molecule has 0 atom stereocenters. The molecule has 1 aliphatic heterocycles. The van der Waals surface area contributed by atoms with Crippen molar-refractivity contribution >= 4 is 34.5 Å². The van der Waals surface area contributed by atoms with E-state index in [2.05, 4.69) is 10.1 Å². The van der Waals surface area contributed by atoms with Crippen LogP contribution in [0.3, 0.4) is 0 Å². The highest BCUT2D eigenvalue weighted by molar-refractivity contribution is 6.33.